The van der Waals surface area contributed by atoms with Crippen molar-refractivity contribution in [3.05, 3.63) is 57.5 Å². The number of nitrogens with one attached hydrogen (secondary N) is 2. The number of benzene rings is 1. The fourth-order valence-electron chi connectivity index (χ4n) is 5.05. The Balaban J connectivity index is 1.54. The number of halogens is 1. The maximum absolute atomic E-state index is 13.2. The maximum Gasteiger partial charge on any atom is 0.311 e. The van der Waals surface area contributed by atoms with E-state index in [1.807, 2.05) is 19.0 Å². The molecule has 3 N–H and O–H groups in total. The third kappa shape index (κ3) is 5.85. The van der Waals surface area contributed by atoms with Crippen LogP contribution in [0.1, 0.15) is 47.1 Å². The van der Waals surface area contributed by atoms with E-state index in [0.29, 0.717) is 43.9 Å². The minimum absolute atomic E-state index is 0.0384. The minimum Gasteiger partial charge on any atom is -0.501 e. The lowest BCUT2D eigenvalue weighted by Gasteiger charge is -2.32. The van der Waals surface area contributed by atoms with Crippen molar-refractivity contribution in [2.75, 3.05) is 34.2 Å². The molecular formula is C26H33FN6O5. The van der Waals surface area contributed by atoms with Gasteiger partial charge in [0.1, 0.15) is 11.6 Å². The van der Waals surface area contributed by atoms with Crippen molar-refractivity contribution < 1.29 is 23.9 Å². The van der Waals surface area contributed by atoms with Gasteiger partial charge in [-0.25, -0.2) is 9.37 Å². The highest BCUT2D eigenvalue weighted by Gasteiger charge is 2.41. The first kappa shape index (κ1) is 27.2. The standard InChI is InChI=1S/C26H33FN6O5/c1-31(2)10-11-32(3)26(38)24(36)29-19-12-16-6-9-18(19)22-30-20(21(34)25(37)33(22)14-16)23(35)28-13-15-4-7-17(27)8-5-15/h4-5,7-8,16,18-19,34H,6,9-14H2,1-3H3,(H,28,35)(H,29,36). The summed E-state index contributed by atoms with van der Waals surface area (Å²) in [6.07, 6.45) is 1.93. The van der Waals surface area contributed by atoms with Gasteiger partial charge in [0.25, 0.3) is 11.5 Å². The predicted octanol–water partition coefficient (Wildman–Crippen LogP) is 0.420. The Kier molecular flexibility index (Phi) is 8.10. The van der Waals surface area contributed by atoms with Crippen molar-refractivity contribution in [3.8, 4) is 5.75 Å². The second-order valence-corrected chi connectivity index (χ2v) is 10.3. The highest BCUT2D eigenvalue weighted by molar-refractivity contribution is 6.35. The summed E-state index contributed by atoms with van der Waals surface area (Å²) in [4.78, 5) is 59.1. The van der Waals surface area contributed by atoms with Crippen LogP contribution in [-0.4, -0.2) is 82.5 Å². The van der Waals surface area contributed by atoms with Gasteiger partial charge in [-0.05, 0) is 57.0 Å². The van der Waals surface area contributed by atoms with E-state index < -0.39 is 52.5 Å². The van der Waals surface area contributed by atoms with E-state index in [2.05, 4.69) is 15.6 Å². The van der Waals surface area contributed by atoms with E-state index in [9.17, 15) is 28.7 Å². The van der Waals surface area contributed by atoms with Crippen LogP contribution in [0.3, 0.4) is 0 Å². The molecule has 38 heavy (non-hydrogen) atoms. The number of fused-ring (bicyclic) bond motifs is 2. The van der Waals surface area contributed by atoms with Gasteiger partial charge in [-0.2, -0.15) is 0 Å². The summed E-state index contributed by atoms with van der Waals surface area (Å²) in [5.74, 6) is -3.34. The lowest BCUT2D eigenvalue weighted by atomic mass is 9.79. The molecule has 3 atom stereocenters. The summed E-state index contributed by atoms with van der Waals surface area (Å²) in [5.41, 5.74) is -0.490. The highest BCUT2D eigenvalue weighted by atomic mass is 19.1. The molecule has 2 aliphatic heterocycles. The fourth-order valence-corrected chi connectivity index (χ4v) is 5.05. The average Bonchev–Trinajstić information content (AvgIpc) is 3.16. The van der Waals surface area contributed by atoms with E-state index in [-0.39, 0.29) is 12.5 Å². The lowest BCUT2D eigenvalue weighted by molar-refractivity contribution is -0.145. The number of likely N-dealkylation sites (N-methyl/N-ethyl adjacent to an activating group) is 2. The Hall–Kier alpha value is -3.80. The molecule has 12 heteroatoms. The fraction of sp³-hybridized carbons (Fsp3) is 0.500. The lowest BCUT2D eigenvalue weighted by Crippen LogP contribution is -2.49. The first-order valence-corrected chi connectivity index (χ1v) is 12.6. The molecule has 0 radical (unpaired) electrons. The van der Waals surface area contributed by atoms with Crippen LogP contribution in [0.4, 0.5) is 4.39 Å². The van der Waals surface area contributed by atoms with Crippen LogP contribution in [0.2, 0.25) is 0 Å². The molecule has 5 rings (SSSR count). The molecule has 0 spiro atoms. The molecule has 1 fully saturated rings. The number of rotatable bonds is 7. The van der Waals surface area contributed by atoms with Crippen molar-refractivity contribution in [2.24, 2.45) is 5.92 Å². The van der Waals surface area contributed by atoms with E-state index in [1.54, 1.807) is 7.05 Å². The van der Waals surface area contributed by atoms with Crippen molar-refractivity contribution >= 4 is 17.7 Å². The van der Waals surface area contributed by atoms with Gasteiger partial charge in [0.2, 0.25) is 5.75 Å². The van der Waals surface area contributed by atoms with Crippen molar-refractivity contribution in [2.45, 2.75) is 44.3 Å². The number of amides is 3. The smallest absolute Gasteiger partial charge is 0.311 e. The van der Waals surface area contributed by atoms with E-state index in [0.717, 1.165) is 6.42 Å². The van der Waals surface area contributed by atoms with E-state index in [4.69, 9.17) is 0 Å². The zero-order chi connectivity index (χ0) is 27.6. The topological polar surface area (TPSA) is 137 Å². The number of hydrogen-bond donors (Lipinski definition) is 3. The summed E-state index contributed by atoms with van der Waals surface area (Å²) < 4.78 is 14.5. The molecular weight excluding hydrogens is 495 g/mol. The highest BCUT2D eigenvalue weighted by Crippen LogP contribution is 2.39. The molecule has 3 aliphatic rings. The summed E-state index contributed by atoms with van der Waals surface area (Å²) in [5, 5.41) is 16.0. The summed E-state index contributed by atoms with van der Waals surface area (Å²) in [6.45, 7) is 1.35. The van der Waals surface area contributed by atoms with Gasteiger partial charge < -0.3 is 25.5 Å². The molecule has 1 aliphatic carbocycles. The summed E-state index contributed by atoms with van der Waals surface area (Å²) >= 11 is 0. The van der Waals surface area contributed by atoms with Gasteiger partial charge >= 0.3 is 11.8 Å². The Morgan fingerprint density at radius 1 is 1.13 bits per heavy atom. The van der Waals surface area contributed by atoms with Crippen LogP contribution in [0, 0.1) is 11.7 Å². The Bertz CT molecular complexity index is 1280. The first-order chi connectivity index (χ1) is 18.0. The SMILES string of the molecule is CN(C)CCN(C)C(=O)C(=O)NC1CC2CCC1c1nc(C(=O)NCc3ccc(F)cc3)c(O)c(=O)n1C2. The zero-order valence-electron chi connectivity index (χ0n) is 21.7. The van der Waals surface area contributed by atoms with Gasteiger partial charge in [-0.3, -0.25) is 23.7 Å². The second-order valence-electron chi connectivity index (χ2n) is 10.3. The largest absolute Gasteiger partial charge is 0.501 e. The van der Waals surface area contributed by atoms with Gasteiger partial charge in [0, 0.05) is 45.2 Å². The van der Waals surface area contributed by atoms with Crippen LogP contribution in [-0.2, 0) is 22.7 Å². The molecule has 2 aromatic rings. The second kappa shape index (κ2) is 11.3. The van der Waals surface area contributed by atoms with E-state index >= 15 is 0 Å². The molecule has 3 heterocycles. The number of aromatic nitrogens is 2. The molecule has 1 aromatic heterocycles. The quantitative estimate of drug-likeness (QED) is 0.443. The molecule has 0 saturated heterocycles. The van der Waals surface area contributed by atoms with Crippen LogP contribution in [0.25, 0.3) is 0 Å². The monoisotopic (exact) mass is 528 g/mol. The maximum atomic E-state index is 13.2. The Morgan fingerprint density at radius 2 is 1.84 bits per heavy atom. The van der Waals surface area contributed by atoms with Crippen LogP contribution in [0.15, 0.2) is 29.1 Å². The average molecular weight is 529 g/mol. The molecule has 2 bridgehead atoms. The van der Waals surface area contributed by atoms with Gasteiger partial charge in [0.15, 0.2) is 5.69 Å². The Morgan fingerprint density at radius 3 is 2.53 bits per heavy atom. The van der Waals surface area contributed by atoms with E-state index in [1.165, 1.54) is 33.7 Å². The van der Waals surface area contributed by atoms with Crippen LogP contribution < -0.4 is 16.2 Å². The summed E-state index contributed by atoms with van der Waals surface area (Å²) in [7, 11) is 5.32. The third-order valence-electron chi connectivity index (χ3n) is 7.23. The molecule has 3 amide bonds. The predicted molar refractivity (Wildman–Crippen MR) is 136 cm³/mol. The van der Waals surface area contributed by atoms with Gasteiger partial charge in [0.05, 0.1) is 0 Å². The summed E-state index contributed by atoms with van der Waals surface area (Å²) in [6, 6.07) is 5.11. The van der Waals surface area contributed by atoms with Crippen LogP contribution in [0.5, 0.6) is 5.75 Å². The molecule has 1 aromatic carbocycles. The number of hydrogen-bond acceptors (Lipinski definition) is 7. The normalized spacial score (nSPS) is 20.0. The van der Waals surface area contributed by atoms with Gasteiger partial charge in [-0.1, -0.05) is 12.1 Å². The van der Waals surface area contributed by atoms with Gasteiger partial charge in [-0.15, -0.1) is 0 Å². The molecule has 1 saturated carbocycles. The van der Waals surface area contributed by atoms with Crippen molar-refractivity contribution in [1.82, 2.24) is 30.0 Å². The first-order valence-electron chi connectivity index (χ1n) is 12.6. The van der Waals surface area contributed by atoms with Crippen molar-refractivity contribution in [3.63, 3.8) is 0 Å². The van der Waals surface area contributed by atoms with Crippen LogP contribution >= 0.6 is 0 Å². The molecule has 204 valence electrons. The molecule has 3 unspecified atom stereocenters. The zero-order valence-corrected chi connectivity index (χ0v) is 21.7. The third-order valence-corrected chi connectivity index (χ3v) is 7.23. The van der Waals surface area contributed by atoms with Crippen molar-refractivity contribution in [1.29, 1.82) is 0 Å². The molecule has 11 nitrogen and oxygen atoms in total. The minimum atomic E-state index is -0.746. The number of nitrogens with zero attached hydrogens (tertiary/aromatic N) is 4. The number of aromatic hydroxyl groups is 1. The number of carbonyl (C=O) groups is 3. The Labute approximate surface area is 219 Å². The number of carbonyl (C=O) groups excluding carboxylic acids is 3.